The lowest BCUT2D eigenvalue weighted by Crippen LogP contribution is -2.24. The van der Waals surface area contributed by atoms with Gasteiger partial charge in [0.25, 0.3) is 0 Å². The van der Waals surface area contributed by atoms with Crippen LogP contribution in [0.2, 0.25) is 0 Å². The van der Waals surface area contributed by atoms with E-state index in [1.54, 1.807) is 19.1 Å². The van der Waals surface area contributed by atoms with Crippen LogP contribution in [0.3, 0.4) is 0 Å². The van der Waals surface area contributed by atoms with Gasteiger partial charge in [-0.25, -0.2) is 13.1 Å². The number of nitrogens with two attached hydrogens (primary N) is 1. The Hall–Kier alpha value is -1.38. The second-order valence-electron chi connectivity index (χ2n) is 3.94. The summed E-state index contributed by atoms with van der Waals surface area (Å²) < 4.78 is 32.3. The predicted octanol–water partition coefficient (Wildman–Crippen LogP) is 1.81. The highest BCUT2D eigenvalue weighted by atomic mass is 79.9. The number of benzene rings is 1. The van der Waals surface area contributed by atoms with Crippen LogP contribution >= 0.6 is 15.9 Å². The van der Waals surface area contributed by atoms with E-state index in [4.69, 9.17) is 10.3 Å². The van der Waals surface area contributed by atoms with Crippen LogP contribution in [0.15, 0.2) is 38.3 Å². The molecule has 8 heteroatoms. The standard InChI is InChI=1S/C11H12BrN3O3S/c1-7-4-9(12)10(13)5-11(7)19(16,17)15-6-8-2-3-14-18-8/h2-5,15H,6,13H2,1H3. The molecular formula is C11H12BrN3O3S. The van der Waals surface area contributed by atoms with Crippen molar-refractivity contribution in [3.8, 4) is 0 Å². The molecule has 0 radical (unpaired) electrons. The van der Waals surface area contributed by atoms with Crippen LogP contribution in [0.4, 0.5) is 5.69 Å². The fourth-order valence-electron chi connectivity index (χ4n) is 1.54. The molecule has 0 bridgehead atoms. The van der Waals surface area contributed by atoms with Crippen molar-refractivity contribution >= 4 is 31.6 Å². The second-order valence-corrected chi connectivity index (χ2v) is 6.53. The number of hydrogen-bond acceptors (Lipinski definition) is 5. The molecule has 0 fully saturated rings. The largest absolute Gasteiger partial charge is 0.398 e. The minimum atomic E-state index is -3.64. The maximum Gasteiger partial charge on any atom is 0.241 e. The predicted molar refractivity (Wildman–Crippen MR) is 73.8 cm³/mol. The minimum Gasteiger partial charge on any atom is -0.398 e. The van der Waals surface area contributed by atoms with Crippen molar-refractivity contribution in [3.05, 3.63) is 40.2 Å². The van der Waals surface area contributed by atoms with Gasteiger partial charge in [0.1, 0.15) is 0 Å². The lowest BCUT2D eigenvalue weighted by Gasteiger charge is -2.10. The molecule has 0 aliphatic rings. The van der Waals surface area contributed by atoms with Crippen LogP contribution in [0.1, 0.15) is 11.3 Å². The molecule has 0 spiro atoms. The zero-order valence-electron chi connectivity index (χ0n) is 10.1. The molecule has 19 heavy (non-hydrogen) atoms. The van der Waals surface area contributed by atoms with Crippen LogP contribution < -0.4 is 10.5 Å². The van der Waals surface area contributed by atoms with E-state index in [2.05, 4.69) is 25.8 Å². The molecular weight excluding hydrogens is 334 g/mol. The topological polar surface area (TPSA) is 98.2 Å². The summed E-state index contributed by atoms with van der Waals surface area (Å²) in [5.74, 6) is 0.436. The smallest absolute Gasteiger partial charge is 0.241 e. The molecule has 102 valence electrons. The maximum absolute atomic E-state index is 12.2. The van der Waals surface area contributed by atoms with Crippen molar-refractivity contribution in [2.75, 3.05) is 5.73 Å². The van der Waals surface area contributed by atoms with E-state index < -0.39 is 10.0 Å². The van der Waals surface area contributed by atoms with Crippen LogP contribution in [-0.2, 0) is 16.6 Å². The molecule has 0 saturated carbocycles. The van der Waals surface area contributed by atoms with E-state index in [1.807, 2.05) is 0 Å². The molecule has 0 unspecified atom stereocenters. The third kappa shape index (κ3) is 3.14. The van der Waals surface area contributed by atoms with Gasteiger partial charge in [0.15, 0.2) is 5.76 Å². The molecule has 0 saturated heterocycles. The fraction of sp³-hybridized carbons (Fsp3) is 0.182. The van der Waals surface area contributed by atoms with Crippen LogP contribution in [0.25, 0.3) is 0 Å². The number of nitrogen functional groups attached to an aromatic ring is 1. The van der Waals surface area contributed by atoms with E-state index in [1.165, 1.54) is 12.3 Å². The Bertz CT molecular complexity index is 683. The zero-order valence-corrected chi connectivity index (χ0v) is 12.5. The van der Waals surface area contributed by atoms with Crippen molar-refractivity contribution in [3.63, 3.8) is 0 Å². The normalized spacial score (nSPS) is 11.7. The number of hydrogen-bond donors (Lipinski definition) is 2. The first-order valence-corrected chi connectivity index (χ1v) is 7.62. The molecule has 0 atom stereocenters. The molecule has 2 rings (SSSR count). The van der Waals surface area contributed by atoms with Crippen molar-refractivity contribution in [2.45, 2.75) is 18.4 Å². The number of nitrogens with one attached hydrogen (secondary N) is 1. The van der Waals surface area contributed by atoms with Crippen LogP contribution in [-0.4, -0.2) is 13.6 Å². The summed E-state index contributed by atoms with van der Waals surface area (Å²) in [6.07, 6.45) is 1.45. The van der Waals surface area contributed by atoms with Gasteiger partial charge in [0.05, 0.1) is 17.6 Å². The summed E-state index contributed by atoms with van der Waals surface area (Å²) in [6, 6.07) is 4.67. The van der Waals surface area contributed by atoms with E-state index in [0.717, 1.165) is 0 Å². The summed E-state index contributed by atoms with van der Waals surface area (Å²) in [4.78, 5) is 0.146. The zero-order chi connectivity index (χ0) is 14.0. The SMILES string of the molecule is Cc1cc(Br)c(N)cc1S(=O)(=O)NCc1ccno1. The van der Waals surface area contributed by atoms with Gasteiger partial charge in [-0.2, -0.15) is 0 Å². The van der Waals surface area contributed by atoms with Gasteiger partial charge in [-0.15, -0.1) is 0 Å². The highest BCUT2D eigenvalue weighted by Crippen LogP contribution is 2.26. The average Bonchev–Trinajstić information content (AvgIpc) is 2.84. The third-order valence-corrected chi connectivity index (χ3v) is 4.74. The van der Waals surface area contributed by atoms with Gasteiger partial charge >= 0.3 is 0 Å². The first kappa shape index (κ1) is 14.0. The first-order valence-electron chi connectivity index (χ1n) is 5.35. The van der Waals surface area contributed by atoms with Gasteiger partial charge in [0.2, 0.25) is 10.0 Å². The summed E-state index contributed by atoms with van der Waals surface area (Å²) in [5.41, 5.74) is 6.68. The maximum atomic E-state index is 12.2. The summed E-state index contributed by atoms with van der Waals surface area (Å²) >= 11 is 3.25. The summed E-state index contributed by atoms with van der Waals surface area (Å²) in [5, 5.41) is 3.50. The Balaban J connectivity index is 2.27. The molecule has 0 aliphatic carbocycles. The van der Waals surface area contributed by atoms with Crippen LogP contribution in [0, 0.1) is 6.92 Å². The van der Waals surface area contributed by atoms with Crippen molar-refractivity contribution in [2.24, 2.45) is 0 Å². The molecule has 1 aromatic heterocycles. The Kier molecular flexibility index (Phi) is 3.93. The van der Waals surface area contributed by atoms with Crippen LogP contribution in [0.5, 0.6) is 0 Å². The Morgan fingerprint density at radius 3 is 2.84 bits per heavy atom. The summed E-state index contributed by atoms with van der Waals surface area (Å²) in [6.45, 7) is 1.74. The summed E-state index contributed by atoms with van der Waals surface area (Å²) in [7, 11) is -3.64. The van der Waals surface area contributed by atoms with E-state index in [0.29, 0.717) is 21.5 Å². The lowest BCUT2D eigenvalue weighted by molar-refractivity contribution is 0.380. The highest BCUT2D eigenvalue weighted by Gasteiger charge is 2.18. The number of aryl methyl sites for hydroxylation is 1. The molecule has 0 aliphatic heterocycles. The highest BCUT2D eigenvalue weighted by molar-refractivity contribution is 9.10. The number of anilines is 1. The molecule has 2 aromatic rings. The molecule has 3 N–H and O–H groups in total. The molecule has 0 amide bonds. The Morgan fingerprint density at radius 2 is 2.21 bits per heavy atom. The van der Waals surface area contributed by atoms with Gasteiger partial charge < -0.3 is 10.3 Å². The van der Waals surface area contributed by atoms with Gasteiger partial charge in [-0.05, 0) is 40.5 Å². The first-order chi connectivity index (χ1) is 8.90. The van der Waals surface area contributed by atoms with Gasteiger partial charge in [-0.1, -0.05) is 5.16 Å². The average molecular weight is 346 g/mol. The number of nitrogens with zero attached hydrogens (tertiary/aromatic N) is 1. The Morgan fingerprint density at radius 1 is 1.47 bits per heavy atom. The molecule has 1 aromatic carbocycles. The van der Waals surface area contributed by atoms with E-state index in [9.17, 15) is 8.42 Å². The van der Waals surface area contributed by atoms with E-state index in [-0.39, 0.29) is 11.4 Å². The molecule has 6 nitrogen and oxygen atoms in total. The molecule has 1 heterocycles. The minimum absolute atomic E-state index is 0.0394. The number of aromatic nitrogens is 1. The number of halogens is 1. The van der Waals surface area contributed by atoms with Gasteiger partial charge in [0, 0.05) is 16.2 Å². The van der Waals surface area contributed by atoms with Gasteiger partial charge in [-0.3, -0.25) is 0 Å². The van der Waals surface area contributed by atoms with E-state index >= 15 is 0 Å². The second kappa shape index (κ2) is 5.32. The number of sulfonamides is 1. The third-order valence-electron chi connectivity index (χ3n) is 2.51. The van der Waals surface area contributed by atoms with Crippen molar-refractivity contribution in [1.29, 1.82) is 0 Å². The van der Waals surface area contributed by atoms with Crippen molar-refractivity contribution < 1.29 is 12.9 Å². The number of rotatable bonds is 4. The lowest BCUT2D eigenvalue weighted by atomic mass is 10.2. The Labute approximate surface area is 119 Å². The monoisotopic (exact) mass is 345 g/mol. The fourth-order valence-corrected chi connectivity index (χ4v) is 3.25. The quantitative estimate of drug-likeness (QED) is 0.823. The van der Waals surface area contributed by atoms with Crippen molar-refractivity contribution in [1.82, 2.24) is 9.88 Å².